The van der Waals surface area contributed by atoms with Crippen molar-refractivity contribution in [3.05, 3.63) is 0 Å². The average molecular weight is 155 g/mol. The summed E-state index contributed by atoms with van der Waals surface area (Å²) in [5.74, 6) is 2.60. The van der Waals surface area contributed by atoms with Gasteiger partial charge in [0.15, 0.2) is 0 Å². The Morgan fingerprint density at radius 3 is 2.36 bits per heavy atom. The molecule has 1 aliphatic rings. The molecule has 1 heterocycles. The molecular formula is C10H21N. The van der Waals surface area contributed by atoms with Crippen molar-refractivity contribution in [3.8, 4) is 0 Å². The van der Waals surface area contributed by atoms with E-state index in [1.165, 1.54) is 13.0 Å². The highest BCUT2D eigenvalue weighted by molar-refractivity contribution is 4.84. The maximum Gasteiger partial charge on any atom is 0.00928 e. The lowest BCUT2D eigenvalue weighted by Crippen LogP contribution is -2.47. The Kier molecular flexibility index (Phi) is 2.94. The van der Waals surface area contributed by atoms with E-state index in [2.05, 4.69) is 33.0 Å². The van der Waals surface area contributed by atoms with Crippen molar-refractivity contribution >= 4 is 0 Å². The zero-order valence-corrected chi connectivity index (χ0v) is 8.22. The van der Waals surface area contributed by atoms with E-state index in [1.807, 2.05) is 0 Å². The number of hydrogen-bond acceptors (Lipinski definition) is 1. The second-order valence-corrected chi connectivity index (χ2v) is 4.12. The Morgan fingerprint density at radius 2 is 1.82 bits per heavy atom. The summed E-state index contributed by atoms with van der Waals surface area (Å²) in [6.45, 7) is 10.6. The van der Waals surface area contributed by atoms with Crippen LogP contribution in [0.4, 0.5) is 0 Å². The van der Waals surface area contributed by atoms with Crippen LogP contribution in [0.3, 0.4) is 0 Å². The summed E-state index contributed by atoms with van der Waals surface area (Å²) in [5, 5.41) is 3.60. The van der Waals surface area contributed by atoms with Gasteiger partial charge in [0.1, 0.15) is 0 Å². The van der Waals surface area contributed by atoms with Gasteiger partial charge in [-0.05, 0) is 30.7 Å². The highest BCUT2D eigenvalue weighted by atomic mass is 14.9. The number of rotatable bonds is 1. The Labute approximate surface area is 70.6 Å². The highest BCUT2D eigenvalue weighted by Crippen LogP contribution is 2.28. The first-order chi connectivity index (χ1) is 5.16. The lowest BCUT2D eigenvalue weighted by molar-refractivity contribution is 0.156. The van der Waals surface area contributed by atoms with Crippen LogP contribution < -0.4 is 5.32 Å². The molecule has 1 aliphatic heterocycles. The molecule has 0 saturated carbocycles. The highest BCUT2D eigenvalue weighted by Gasteiger charge is 2.29. The Morgan fingerprint density at radius 1 is 1.18 bits per heavy atom. The van der Waals surface area contributed by atoms with Crippen LogP contribution in [0.15, 0.2) is 0 Å². The van der Waals surface area contributed by atoms with Crippen LogP contribution in [0, 0.1) is 17.8 Å². The number of hydrogen-bond donors (Lipinski definition) is 1. The molecule has 11 heavy (non-hydrogen) atoms. The van der Waals surface area contributed by atoms with Gasteiger partial charge in [-0.25, -0.2) is 0 Å². The minimum atomic E-state index is 0.765. The molecule has 0 aromatic carbocycles. The first-order valence-electron chi connectivity index (χ1n) is 4.90. The second kappa shape index (κ2) is 3.57. The van der Waals surface area contributed by atoms with E-state index in [0.29, 0.717) is 0 Å². The molecule has 0 aromatic rings. The van der Waals surface area contributed by atoms with E-state index in [1.54, 1.807) is 0 Å². The fraction of sp³-hybridized carbons (Fsp3) is 1.00. The van der Waals surface area contributed by atoms with Crippen LogP contribution >= 0.6 is 0 Å². The molecule has 66 valence electrons. The van der Waals surface area contributed by atoms with Crippen molar-refractivity contribution in [2.45, 2.75) is 40.2 Å². The predicted molar refractivity (Wildman–Crippen MR) is 49.6 cm³/mol. The fourth-order valence-electron chi connectivity index (χ4n) is 2.11. The molecule has 1 rings (SSSR count). The molecule has 0 amide bonds. The van der Waals surface area contributed by atoms with E-state index < -0.39 is 0 Å². The zero-order chi connectivity index (χ0) is 8.43. The van der Waals surface area contributed by atoms with Crippen molar-refractivity contribution in [3.63, 3.8) is 0 Å². The monoisotopic (exact) mass is 155 g/mol. The molecule has 1 nitrogen and oxygen atoms in total. The van der Waals surface area contributed by atoms with Gasteiger partial charge in [0.2, 0.25) is 0 Å². The minimum Gasteiger partial charge on any atom is -0.313 e. The maximum atomic E-state index is 3.60. The molecule has 0 spiro atoms. The average Bonchev–Trinajstić information content (AvgIpc) is 2.01. The SMILES string of the molecule is CC[C@@H]1NC[C@@H](C)[C@H](C)[C@H]1C. The van der Waals surface area contributed by atoms with E-state index in [-0.39, 0.29) is 0 Å². The van der Waals surface area contributed by atoms with Crippen LogP contribution in [-0.4, -0.2) is 12.6 Å². The minimum absolute atomic E-state index is 0.765. The summed E-state index contributed by atoms with van der Waals surface area (Å²) in [6, 6.07) is 0.765. The summed E-state index contributed by atoms with van der Waals surface area (Å²) < 4.78 is 0. The van der Waals surface area contributed by atoms with Crippen LogP contribution in [-0.2, 0) is 0 Å². The topological polar surface area (TPSA) is 12.0 Å². The van der Waals surface area contributed by atoms with Crippen molar-refractivity contribution in [2.75, 3.05) is 6.54 Å². The van der Waals surface area contributed by atoms with E-state index in [9.17, 15) is 0 Å². The summed E-state index contributed by atoms with van der Waals surface area (Å²) in [4.78, 5) is 0. The standard InChI is InChI=1S/C10H21N/c1-5-10-9(4)8(3)7(2)6-11-10/h7-11H,5-6H2,1-4H3/t7-,8+,9-,10+/m1/s1. The Balaban J connectivity index is 2.52. The number of piperidine rings is 1. The molecule has 4 atom stereocenters. The quantitative estimate of drug-likeness (QED) is 0.612. The van der Waals surface area contributed by atoms with Crippen LogP contribution in [0.1, 0.15) is 34.1 Å². The van der Waals surface area contributed by atoms with Gasteiger partial charge in [0.25, 0.3) is 0 Å². The van der Waals surface area contributed by atoms with Crippen LogP contribution in [0.2, 0.25) is 0 Å². The summed E-state index contributed by atoms with van der Waals surface area (Å²) >= 11 is 0. The first kappa shape index (κ1) is 9.05. The van der Waals surface area contributed by atoms with Crippen molar-refractivity contribution in [1.29, 1.82) is 0 Å². The lowest BCUT2D eigenvalue weighted by Gasteiger charge is -2.39. The molecular weight excluding hydrogens is 134 g/mol. The lowest BCUT2D eigenvalue weighted by atomic mass is 9.77. The third-order valence-corrected chi connectivity index (χ3v) is 3.50. The largest absolute Gasteiger partial charge is 0.313 e. The van der Waals surface area contributed by atoms with Gasteiger partial charge in [-0.1, -0.05) is 27.7 Å². The van der Waals surface area contributed by atoms with E-state index in [0.717, 1.165) is 23.8 Å². The van der Waals surface area contributed by atoms with Gasteiger partial charge in [-0.2, -0.15) is 0 Å². The summed E-state index contributed by atoms with van der Waals surface area (Å²) in [5.41, 5.74) is 0. The molecule has 0 unspecified atom stereocenters. The van der Waals surface area contributed by atoms with Crippen LogP contribution in [0.5, 0.6) is 0 Å². The van der Waals surface area contributed by atoms with Crippen molar-refractivity contribution in [2.24, 2.45) is 17.8 Å². The molecule has 1 heteroatoms. The molecule has 0 radical (unpaired) electrons. The third kappa shape index (κ3) is 1.76. The smallest absolute Gasteiger partial charge is 0.00928 e. The molecule has 0 aliphatic carbocycles. The van der Waals surface area contributed by atoms with Gasteiger partial charge >= 0.3 is 0 Å². The fourth-order valence-corrected chi connectivity index (χ4v) is 2.11. The molecule has 1 N–H and O–H groups in total. The number of nitrogens with one attached hydrogen (secondary N) is 1. The van der Waals surface area contributed by atoms with Gasteiger partial charge in [0.05, 0.1) is 0 Å². The normalized spacial score (nSPS) is 45.8. The maximum absolute atomic E-state index is 3.60. The van der Waals surface area contributed by atoms with Crippen molar-refractivity contribution < 1.29 is 0 Å². The van der Waals surface area contributed by atoms with E-state index >= 15 is 0 Å². The summed E-state index contributed by atoms with van der Waals surface area (Å²) in [6.07, 6.45) is 1.28. The molecule has 1 fully saturated rings. The van der Waals surface area contributed by atoms with Crippen molar-refractivity contribution in [1.82, 2.24) is 5.32 Å². The van der Waals surface area contributed by atoms with Gasteiger partial charge < -0.3 is 5.32 Å². The van der Waals surface area contributed by atoms with Crippen LogP contribution in [0.25, 0.3) is 0 Å². The molecule has 0 aromatic heterocycles. The molecule has 1 saturated heterocycles. The van der Waals surface area contributed by atoms with Gasteiger partial charge in [0, 0.05) is 6.04 Å². The first-order valence-corrected chi connectivity index (χ1v) is 4.90. The third-order valence-electron chi connectivity index (χ3n) is 3.50. The Bertz CT molecular complexity index is 120. The summed E-state index contributed by atoms with van der Waals surface area (Å²) in [7, 11) is 0. The Hall–Kier alpha value is -0.0400. The van der Waals surface area contributed by atoms with Gasteiger partial charge in [-0.3, -0.25) is 0 Å². The van der Waals surface area contributed by atoms with Gasteiger partial charge in [-0.15, -0.1) is 0 Å². The zero-order valence-electron chi connectivity index (χ0n) is 8.22. The van der Waals surface area contributed by atoms with E-state index in [4.69, 9.17) is 0 Å². The predicted octanol–water partition coefficient (Wildman–Crippen LogP) is 2.28. The molecule has 0 bridgehead atoms. The second-order valence-electron chi connectivity index (χ2n) is 4.12.